The highest BCUT2D eigenvalue weighted by Crippen LogP contribution is 2.28. The van der Waals surface area contributed by atoms with Crippen molar-refractivity contribution in [3.05, 3.63) is 46.5 Å². The Bertz CT molecular complexity index is 618. The molecule has 1 aromatic carbocycles. The third kappa shape index (κ3) is 3.34. The molecule has 1 aromatic heterocycles. The first-order valence-electron chi connectivity index (χ1n) is 6.37. The predicted octanol–water partition coefficient (Wildman–Crippen LogP) is 2.38. The van der Waals surface area contributed by atoms with Crippen LogP contribution in [0.25, 0.3) is 0 Å². The molecule has 0 aliphatic rings. The number of nitrogens with zero attached hydrogens (tertiary/aromatic N) is 2. The molecular weight excluding hydrogens is 297 g/mol. The molecule has 0 bridgehead atoms. The van der Waals surface area contributed by atoms with Crippen LogP contribution < -0.4 is 10.5 Å². The first-order chi connectivity index (χ1) is 10.1. The Labute approximate surface area is 127 Å². The van der Waals surface area contributed by atoms with Gasteiger partial charge in [-0.25, -0.2) is 4.39 Å². The highest BCUT2D eigenvalue weighted by molar-refractivity contribution is 6.31. The molecule has 7 heteroatoms. The van der Waals surface area contributed by atoms with Crippen LogP contribution in [-0.4, -0.2) is 30.6 Å². The summed E-state index contributed by atoms with van der Waals surface area (Å²) in [5.41, 5.74) is 7.42. The number of hydrogen-bond acceptors (Lipinski definition) is 4. The number of rotatable bonds is 6. The summed E-state index contributed by atoms with van der Waals surface area (Å²) in [4.78, 5) is 0. The lowest BCUT2D eigenvalue weighted by Gasteiger charge is -2.16. The minimum atomic E-state index is -0.586. The van der Waals surface area contributed by atoms with Crippen molar-refractivity contribution in [2.24, 2.45) is 5.73 Å². The van der Waals surface area contributed by atoms with E-state index in [1.54, 1.807) is 17.9 Å². The fourth-order valence-corrected chi connectivity index (χ4v) is 2.33. The summed E-state index contributed by atoms with van der Waals surface area (Å²) in [5, 5.41) is 4.60. The number of methoxy groups -OCH3 is 2. The van der Waals surface area contributed by atoms with Gasteiger partial charge in [0.05, 0.1) is 43.2 Å². The maximum absolute atomic E-state index is 13.8. The molecule has 1 atom stereocenters. The Morgan fingerprint density at radius 3 is 2.81 bits per heavy atom. The van der Waals surface area contributed by atoms with E-state index in [1.807, 2.05) is 0 Å². The van der Waals surface area contributed by atoms with Crippen molar-refractivity contribution in [3.63, 3.8) is 0 Å². The molecule has 0 spiro atoms. The predicted molar refractivity (Wildman–Crippen MR) is 78.1 cm³/mol. The van der Waals surface area contributed by atoms with Gasteiger partial charge >= 0.3 is 0 Å². The number of nitrogens with two attached hydrogens (primary N) is 1. The van der Waals surface area contributed by atoms with E-state index in [-0.39, 0.29) is 5.75 Å². The Morgan fingerprint density at radius 1 is 1.43 bits per heavy atom. The second kappa shape index (κ2) is 6.89. The van der Waals surface area contributed by atoms with E-state index in [1.165, 1.54) is 25.4 Å². The molecule has 1 unspecified atom stereocenters. The Morgan fingerprint density at radius 2 is 2.19 bits per heavy atom. The maximum Gasteiger partial charge on any atom is 0.165 e. The molecule has 0 saturated carbocycles. The fraction of sp³-hybridized carbons (Fsp3) is 0.357. The zero-order chi connectivity index (χ0) is 15.4. The van der Waals surface area contributed by atoms with Crippen molar-refractivity contribution in [1.29, 1.82) is 0 Å². The monoisotopic (exact) mass is 313 g/mol. The van der Waals surface area contributed by atoms with E-state index < -0.39 is 11.9 Å². The van der Waals surface area contributed by atoms with Gasteiger partial charge in [-0.05, 0) is 17.7 Å². The average Bonchev–Trinajstić information content (AvgIpc) is 2.85. The van der Waals surface area contributed by atoms with Gasteiger partial charge in [-0.15, -0.1) is 0 Å². The lowest BCUT2D eigenvalue weighted by molar-refractivity contribution is 0.182. The molecule has 21 heavy (non-hydrogen) atoms. The van der Waals surface area contributed by atoms with Gasteiger partial charge in [0, 0.05) is 7.11 Å². The third-order valence-electron chi connectivity index (χ3n) is 3.17. The summed E-state index contributed by atoms with van der Waals surface area (Å²) in [6.45, 7) is 1.000. The van der Waals surface area contributed by atoms with E-state index in [2.05, 4.69) is 5.10 Å². The van der Waals surface area contributed by atoms with Crippen molar-refractivity contribution in [3.8, 4) is 5.75 Å². The van der Waals surface area contributed by atoms with Gasteiger partial charge in [0.2, 0.25) is 0 Å². The quantitative estimate of drug-likeness (QED) is 0.889. The van der Waals surface area contributed by atoms with Crippen LogP contribution in [0, 0.1) is 5.82 Å². The smallest absolute Gasteiger partial charge is 0.165 e. The second-order valence-electron chi connectivity index (χ2n) is 4.47. The lowest BCUT2D eigenvalue weighted by Crippen LogP contribution is -2.19. The fourth-order valence-electron chi connectivity index (χ4n) is 2.07. The van der Waals surface area contributed by atoms with Crippen LogP contribution in [0.15, 0.2) is 24.4 Å². The molecular formula is C14H17ClFN3O2. The van der Waals surface area contributed by atoms with Crippen LogP contribution >= 0.6 is 11.6 Å². The zero-order valence-corrected chi connectivity index (χ0v) is 12.6. The molecule has 5 nitrogen and oxygen atoms in total. The van der Waals surface area contributed by atoms with Gasteiger partial charge < -0.3 is 15.2 Å². The Hall–Kier alpha value is -1.63. The summed E-state index contributed by atoms with van der Waals surface area (Å²) in [6, 6.07) is 4.00. The highest BCUT2D eigenvalue weighted by Gasteiger charge is 2.19. The Kier molecular flexibility index (Phi) is 5.17. The van der Waals surface area contributed by atoms with E-state index >= 15 is 0 Å². The van der Waals surface area contributed by atoms with Crippen LogP contribution in [0.1, 0.15) is 17.3 Å². The van der Waals surface area contributed by atoms with Gasteiger partial charge in [-0.1, -0.05) is 17.7 Å². The third-order valence-corrected chi connectivity index (χ3v) is 3.46. The highest BCUT2D eigenvalue weighted by atomic mass is 35.5. The molecule has 0 aliphatic carbocycles. The number of benzene rings is 1. The lowest BCUT2D eigenvalue weighted by atomic mass is 10.0. The van der Waals surface area contributed by atoms with Gasteiger partial charge in [-0.2, -0.15) is 5.10 Å². The molecule has 0 fully saturated rings. The normalized spacial score (nSPS) is 12.4. The SMILES string of the molecule is COCCn1ncc(Cl)c1C(N)c1ccc(OC)c(F)c1. The Balaban J connectivity index is 2.33. The number of ether oxygens (including phenoxy) is 2. The number of aromatic nitrogens is 2. The molecule has 1 heterocycles. The van der Waals surface area contributed by atoms with E-state index in [9.17, 15) is 4.39 Å². The van der Waals surface area contributed by atoms with Crippen LogP contribution in [0.3, 0.4) is 0 Å². The van der Waals surface area contributed by atoms with Gasteiger partial charge in [0.25, 0.3) is 0 Å². The van der Waals surface area contributed by atoms with E-state index in [0.29, 0.717) is 29.4 Å². The summed E-state index contributed by atoms with van der Waals surface area (Å²) in [6.07, 6.45) is 1.52. The van der Waals surface area contributed by atoms with Gasteiger partial charge in [0.1, 0.15) is 0 Å². The van der Waals surface area contributed by atoms with Crippen molar-refractivity contribution in [2.45, 2.75) is 12.6 Å². The first-order valence-corrected chi connectivity index (χ1v) is 6.75. The molecule has 0 radical (unpaired) electrons. The molecule has 0 saturated heterocycles. The number of hydrogen-bond donors (Lipinski definition) is 1. The van der Waals surface area contributed by atoms with Crippen LogP contribution in [0.5, 0.6) is 5.75 Å². The van der Waals surface area contributed by atoms with Crippen LogP contribution in [0.4, 0.5) is 4.39 Å². The van der Waals surface area contributed by atoms with Crippen LogP contribution in [-0.2, 0) is 11.3 Å². The minimum Gasteiger partial charge on any atom is -0.494 e. The standard InChI is InChI=1S/C14H17ClFN3O2/c1-20-6-5-19-14(10(15)8-18-19)13(17)9-3-4-12(21-2)11(16)7-9/h3-4,7-8,13H,5-6,17H2,1-2H3. The first kappa shape index (κ1) is 15.8. The molecule has 2 aromatic rings. The largest absolute Gasteiger partial charge is 0.494 e. The summed E-state index contributed by atoms with van der Waals surface area (Å²) in [7, 11) is 3.01. The maximum atomic E-state index is 13.8. The van der Waals surface area contributed by atoms with E-state index in [0.717, 1.165) is 0 Å². The molecule has 2 N–H and O–H groups in total. The van der Waals surface area contributed by atoms with Crippen molar-refractivity contribution in [2.75, 3.05) is 20.8 Å². The van der Waals surface area contributed by atoms with E-state index in [4.69, 9.17) is 26.8 Å². The summed E-state index contributed by atoms with van der Waals surface area (Å²) in [5.74, 6) is -0.297. The van der Waals surface area contributed by atoms with Crippen molar-refractivity contribution < 1.29 is 13.9 Å². The molecule has 0 aliphatic heterocycles. The topological polar surface area (TPSA) is 62.3 Å². The molecule has 114 valence electrons. The zero-order valence-electron chi connectivity index (χ0n) is 11.8. The molecule has 2 rings (SSSR count). The average molecular weight is 314 g/mol. The summed E-state index contributed by atoms with van der Waals surface area (Å²) >= 11 is 6.14. The number of halogens is 2. The van der Waals surface area contributed by atoms with Gasteiger partial charge in [-0.3, -0.25) is 4.68 Å². The van der Waals surface area contributed by atoms with Gasteiger partial charge in [0.15, 0.2) is 11.6 Å². The second-order valence-corrected chi connectivity index (χ2v) is 4.87. The molecule has 0 amide bonds. The van der Waals surface area contributed by atoms with Crippen molar-refractivity contribution in [1.82, 2.24) is 9.78 Å². The minimum absolute atomic E-state index is 0.171. The summed E-state index contributed by atoms with van der Waals surface area (Å²) < 4.78 is 25.4. The van der Waals surface area contributed by atoms with Crippen LogP contribution in [0.2, 0.25) is 5.02 Å². The van der Waals surface area contributed by atoms with Crippen molar-refractivity contribution >= 4 is 11.6 Å².